The van der Waals surface area contributed by atoms with Crippen molar-refractivity contribution in [1.82, 2.24) is 16.2 Å². The molecule has 0 fully saturated rings. The molecule has 3 N–H and O–H groups in total. The maximum atomic E-state index is 11.5. The molecule has 0 saturated heterocycles. The molecule has 1 aromatic rings. The molecule has 0 aliphatic rings. The van der Waals surface area contributed by atoms with E-state index in [4.69, 9.17) is 35.4 Å². The van der Waals surface area contributed by atoms with Crippen molar-refractivity contribution < 1.29 is 4.79 Å². The van der Waals surface area contributed by atoms with Gasteiger partial charge in [0.1, 0.15) is 0 Å². The molecule has 0 saturated carbocycles. The Hall–Kier alpha value is -1.30. The summed E-state index contributed by atoms with van der Waals surface area (Å²) in [6.07, 6.45) is 2.98. The van der Waals surface area contributed by atoms with Crippen molar-refractivity contribution in [2.24, 2.45) is 0 Å². The van der Waals surface area contributed by atoms with Crippen molar-refractivity contribution in [2.75, 3.05) is 6.54 Å². The van der Waals surface area contributed by atoms with E-state index in [1.165, 1.54) is 6.08 Å². The summed E-state index contributed by atoms with van der Waals surface area (Å²) in [5.41, 5.74) is 5.76. The van der Waals surface area contributed by atoms with Crippen molar-refractivity contribution in [2.45, 2.75) is 6.92 Å². The fourth-order valence-electron chi connectivity index (χ4n) is 1.15. The van der Waals surface area contributed by atoms with E-state index < -0.39 is 0 Å². The van der Waals surface area contributed by atoms with Crippen LogP contribution < -0.4 is 16.2 Å². The molecule has 1 rings (SSSR count). The van der Waals surface area contributed by atoms with E-state index in [0.29, 0.717) is 21.7 Å². The molecule has 1 amide bonds. The third-order valence-electron chi connectivity index (χ3n) is 2.01. The Kier molecular flexibility index (Phi) is 6.62. The summed E-state index contributed by atoms with van der Waals surface area (Å²) < 4.78 is 0. The van der Waals surface area contributed by atoms with Crippen LogP contribution in [0.15, 0.2) is 24.3 Å². The fraction of sp³-hybridized carbons (Fsp3) is 0.167. The number of thiocarbonyl (C=S) groups is 1. The summed E-state index contributed by atoms with van der Waals surface area (Å²) in [6.45, 7) is 2.58. The van der Waals surface area contributed by atoms with Gasteiger partial charge in [-0.05, 0) is 42.9 Å². The van der Waals surface area contributed by atoms with Crippen LogP contribution in [0.4, 0.5) is 0 Å². The maximum absolute atomic E-state index is 11.5. The number of hydrazine groups is 1. The van der Waals surface area contributed by atoms with E-state index in [9.17, 15) is 4.79 Å². The highest BCUT2D eigenvalue weighted by atomic mass is 35.5. The molecular formula is C12H13Cl2N3OS. The van der Waals surface area contributed by atoms with E-state index in [2.05, 4.69) is 16.2 Å². The second-order valence-electron chi connectivity index (χ2n) is 3.48. The van der Waals surface area contributed by atoms with Crippen LogP contribution in [-0.4, -0.2) is 17.6 Å². The molecule has 0 atom stereocenters. The van der Waals surface area contributed by atoms with Crippen LogP contribution in [0, 0.1) is 0 Å². The van der Waals surface area contributed by atoms with E-state index >= 15 is 0 Å². The lowest BCUT2D eigenvalue weighted by Crippen LogP contribution is -2.46. The molecule has 7 heteroatoms. The van der Waals surface area contributed by atoms with Gasteiger partial charge in [0.2, 0.25) is 0 Å². The van der Waals surface area contributed by atoms with Gasteiger partial charge in [0.05, 0.1) is 10.0 Å². The summed E-state index contributed by atoms with van der Waals surface area (Å²) in [6, 6.07) is 5.10. The molecule has 0 heterocycles. The lowest BCUT2D eigenvalue weighted by molar-refractivity contribution is -0.116. The minimum Gasteiger partial charge on any atom is -0.362 e. The Balaban J connectivity index is 2.49. The summed E-state index contributed by atoms with van der Waals surface area (Å²) in [5, 5.41) is 4.11. The van der Waals surface area contributed by atoms with Crippen LogP contribution in [0.1, 0.15) is 12.5 Å². The number of nitrogens with one attached hydrogen (secondary N) is 3. The minimum atomic E-state index is -0.327. The van der Waals surface area contributed by atoms with Gasteiger partial charge in [-0.3, -0.25) is 15.6 Å². The third kappa shape index (κ3) is 5.92. The normalized spacial score (nSPS) is 10.3. The molecule has 0 aliphatic carbocycles. The van der Waals surface area contributed by atoms with Gasteiger partial charge < -0.3 is 5.32 Å². The lowest BCUT2D eigenvalue weighted by atomic mass is 10.2. The molecule has 0 radical (unpaired) electrons. The van der Waals surface area contributed by atoms with E-state index in [0.717, 1.165) is 5.56 Å². The molecule has 102 valence electrons. The van der Waals surface area contributed by atoms with Crippen LogP contribution in [0.3, 0.4) is 0 Å². The summed E-state index contributed by atoms with van der Waals surface area (Å²) in [7, 11) is 0. The first-order valence-electron chi connectivity index (χ1n) is 5.50. The van der Waals surface area contributed by atoms with Crippen LogP contribution in [0.2, 0.25) is 10.0 Å². The Morgan fingerprint density at radius 3 is 2.68 bits per heavy atom. The predicted octanol–water partition coefficient (Wildman–Crippen LogP) is 2.52. The van der Waals surface area contributed by atoms with Gasteiger partial charge in [-0.25, -0.2) is 0 Å². The van der Waals surface area contributed by atoms with E-state index in [1.807, 2.05) is 6.92 Å². The average molecular weight is 318 g/mol. The van der Waals surface area contributed by atoms with Crippen molar-refractivity contribution in [1.29, 1.82) is 0 Å². The minimum absolute atomic E-state index is 0.327. The SMILES string of the molecule is CCNC(=S)NNC(=O)/C=C/c1ccc(Cl)c(Cl)c1. The number of hydrogen-bond donors (Lipinski definition) is 3. The first-order valence-corrected chi connectivity index (χ1v) is 6.66. The molecule has 0 aromatic heterocycles. The van der Waals surface area contributed by atoms with E-state index in [1.54, 1.807) is 24.3 Å². The van der Waals surface area contributed by atoms with Crippen molar-refractivity contribution in [3.8, 4) is 0 Å². The number of carbonyl (C=O) groups is 1. The van der Waals surface area contributed by atoms with Gasteiger partial charge >= 0.3 is 0 Å². The van der Waals surface area contributed by atoms with Gasteiger partial charge in [-0.15, -0.1) is 0 Å². The predicted molar refractivity (Wildman–Crippen MR) is 83.0 cm³/mol. The molecule has 0 unspecified atom stereocenters. The Bertz CT molecular complexity index is 506. The highest BCUT2D eigenvalue weighted by molar-refractivity contribution is 7.80. The van der Waals surface area contributed by atoms with Crippen LogP contribution in [-0.2, 0) is 4.79 Å². The quantitative estimate of drug-likeness (QED) is 0.455. The number of rotatable bonds is 3. The molecular weight excluding hydrogens is 305 g/mol. The maximum Gasteiger partial charge on any atom is 0.262 e. The summed E-state index contributed by atoms with van der Waals surface area (Å²) in [5.74, 6) is -0.327. The van der Waals surface area contributed by atoms with Gasteiger partial charge in [-0.1, -0.05) is 29.3 Å². The topological polar surface area (TPSA) is 53.2 Å². The molecule has 1 aromatic carbocycles. The first kappa shape index (κ1) is 15.8. The van der Waals surface area contributed by atoms with Gasteiger partial charge in [0, 0.05) is 12.6 Å². The molecule has 0 bridgehead atoms. The third-order valence-corrected chi connectivity index (χ3v) is 2.99. The zero-order valence-corrected chi connectivity index (χ0v) is 12.5. The van der Waals surface area contributed by atoms with Crippen LogP contribution in [0.5, 0.6) is 0 Å². The van der Waals surface area contributed by atoms with Crippen molar-refractivity contribution >= 4 is 52.5 Å². The Morgan fingerprint density at radius 2 is 2.05 bits per heavy atom. The molecule has 0 spiro atoms. The first-order chi connectivity index (χ1) is 9.02. The Morgan fingerprint density at radius 1 is 1.32 bits per heavy atom. The van der Waals surface area contributed by atoms with E-state index in [-0.39, 0.29) is 5.91 Å². The van der Waals surface area contributed by atoms with Crippen LogP contribution in [0.25, 0.3) is 6.08 Å². The standard InChI is InChI=1S/C12H13Cl2N3OS/c1-2-15-12(19)17-16-11(18)6-4-8-3-5-9(13)10(14)7-8/h3-7H,2H2,1H3,(H,16,18)(H2,15,17,19)/b6-4+. The van der Waals surface area contributed by atoms with Crippen molar-refractivity contribution in [3.05, 3.63) is 39.9 Å². The second-order valence-corrected chi connectivity index (χ2v) is 4.70. The fourth-order valence-corrected chi connectivity index (χ4v) is 1.65. The molecule has 0 aliphatic heterocycles. The largest absolute Gasteiger partial charge is 0.362 e. The Labute approximate surface area is 127 Å². The highest BCUT2D eigenvalue weighted by Crippen LogP contribution is 2.22. The van der Waals surface area contributed by atoms with Gasteiger partial charge in [0.25, 0.3) is 5.91 Å². The van der Waals surface area contributed by atoms with Gasteiger partial charge in [0.15, 0.2) is 5.11 Å². The zero-order valence-electron chi connectivity index (χ0n) is 10.2. The van der Waals surface area contributed by atoms with Crippen LogP contribution >= 0.6 is 35.4 Å². The monoisotopic (exact) mass is 317 g/mol. The number of hydrogen-bond acceptors (Lipinski definition) is 2. The van der Waals surface area contributed by atoms with Gasteiger partial charge in [-0.2, -0.15) is 0 Å². The number of amides is 1. The number of halogens is 2. The zero-order chi connectivity index (χ0) is 14.3. The van der Waals surface area contributed by atoms with Crippen molar-refractivity contribution in [3.63, 3.8) is 0 Å². The molecule has 19 heavy (non-hydrogen) atoms. The number of carbonyl (C=O) groups excluding carboxylic acids is 1. The number of benzene rings is 1. The average Bonchev–Trinajstić information content (AvgIpc) is 2.38. The highest BCUT2D eigenvalue weighted by Gasteiger charge is 1.99. The lowest BCUT2D eigenvalue weighted by Gasteiger charge is -2.08. The second kappa shape index (κ2) is 7.99. The summed E-state index contributed by atoms with van der Waals surface area (Å²) >= 11 is 16.5. The molecule has 4 nitrogen and oxygen atoms in total. The summed E-state index contributed by atoms with van der Waals surface area (Å²) in [4.78, 5) is 11.5. The smallest absolute Gasteiger partial charge is 0.262 e.